The Kier molecular flexibility index (Phi) is 2.95. The first-order valence-electron chi connectivity index (χ1n) is 5.47. The summed E-state index contributed by atoms with van der Waals surface area (Å²) in [6, 6.07) is 7.67. The van der Waals surface area contributed by atoms with Crippen LogP contribution in [0, 0.1) is 13.8 Å². The van der Waals surface area contributed by atoms with E-state index in [1.807, 2.05) is 38.1 Å². The minimum atomic E-state index is -0.0721. The zero-order valence-electron chi connectivity index (χ0n) is 10.2. The third-order valence-corrected chi connectivity index (χ3v) is 2.46. The molecule has 88 valence electrons. The molecule has 17 heavy (non-hydrogen) atoms. The van der Waals surface area contributed by atoms with E-state index in [9.17, 15) is 4.79 Å². The Labute approximate surface area is 100 Å². The van der Waals surface area contributed by atoms with Crippen molar-refractivity contribution in [2.45, 2.75) is 20.8 Å². The molecule has 2 rings (SSSR count). The highest BCUT2D eigenvalue weighted by Crippen LogP contribution is 2.23. The first kappa shape index (κ1) is 11.4. The van der Waals surface area contributed by atoms with Crippen molar-refractivity contribution in [1.29, 1.82) is 0 Å². The van der Waals surface area contributed by atoms with Gasteiger partial charge in [-0.2, -0.15) is 0 Å². The van der Waals surface area contributed by atoms with Crippen molar-refractivity contribution < 1.29 is 4.79 Å². The van der Waals surface area contributed by atoms with Crippen LogP contribution < -0.4 is 5.32 Å². The Bertz CT molecular complexity index is 558. The number of nitrogens with one attached hydrogen (secondary N) is 2. The quantitative estimate of drug-likeness (QED) is 0.831. The largest absolute Gasteiger partial charge is 0.346 e. The number of carbonyl (C=O) groups is 1. The molecule has 0 saturated carbocycles. The second kappa shape index (κ2) is 4.41. The molecule has 4 nitrogen and oxygen atoms in total. The lowest BCUT2D eigenvalue weighted by atomic mass is 10.1. The van der Waals surface area contributed by atoms with E-state index in [4.69, 9.17) is 0 Å². The van der Waals surface area contributed by atoms with Gasteiger partial charge in [0.25, 0.3) is 0 Å². The standard InChI is InChI=1S/C13H15N3O/c1-8-13(15-9(2)14-8)11-5-4-6-12(7-11)16-10(3)17/h4-7H,1-3H3,(H,14,15)(H,16,17). The highest BCUT2D eigenvalue weighted by atomic mass is 16.1. The van der Waals surface area contributed by atoms with Crippen molar-refractivity contribution in [3.8, 4) is 11.3 Å². The monoisotopic (exact) mass is 229 g/mol. The van der Waals surface area contributed by atoms with Crippen LogP contribution in [0.4, 0.5) is 5.69 Å². The molecule has 4 heteroatoms. The minimum Gasteiger partial charge on any atom is -0.346 e. The van der Waals surface area contributed by atoms with E-state index in [1.54, 1.807) is 0 Å². The zero-order valence-corrected chi connectivity index (χ0v) is 10.2. The van der Waals surface area contributed by atoms with E-state index in [-0.39, 0.29) is 5.91 Å². The highest BCUT2D eigenvalue weighted by molar-refractivity contribution is 5.89. The maximum Gasteiger partial charge on any atom is 0.221 e. The van der Waals surface area contributed by atoms with Crippen molar-refractivity contribution in [2.75, 3.05) is 5.32 Å². The van der Waals surface area contributed by atoms with Crippen LogP contribution in [0.15, 0.2) is 24.3 Å². The summed E-state index contributed by atoms with van der Waals surface area (Å²) in [5.74, 6) is 0.819. The van der Waals surface area contributed by atoms with Gasteiger partial charge in [0.1, 0.15) is 5.82 Å². The molecule has 1 aromatic carbocycles. The second-order valence-corrected chi connectivity index (χ2v) is 4.06. The smallest absolute Gasteiger partial charge is 0.221 e. The highest BCUT2D eigenvalue weighted by Gasteiger charge is 2.07. The second-order valence-electron chi connectivity index (χ2n) is 4.06. The van der Waals surface area contributed by atoms with E-state index >= 15 is 0 Å². The molecule has 1 aromatic heterocycles. The third-order valence-electron chi connectivity index (χ3n) is 2.46. The molecule has 0 fully saturated rings. The normalized spacial score (nSPS) is 10.3. The Morgan fingerprint density at radius 2 is 2.12 bits per heavy atom. The number of imidazole rings is 1. The van der Waals surface area contributed by atoms with Crippen molar-refractivity contribution in [3.05, 3.63) is 35.8 Å². The summed E-state index contributed by atoms with van der Waals surface area (Å²) in [6.07, 6.45) is 0. The van der Waals surface area contributed by atoms with Gasteiger partial charge in [0, 0.05) is 23.9 Å². The number of aryl methyl sites for hydroxylation is 2. The summed E-state index contributed by atoms with van der Waals surface area (Å²) in [7, 11) is 0. The van der Waals surface area contributed by atoms with Crippen molar-refractivity contribution in [2.24, 2.45) is 0 Å². The Morgan fingerprint density at radius 1 is 1.35 bits per heavy atom. The summed E-state index contributed by atoms with van der Waals surface area (Å²) < 4.78 is 0. The van der Waals surface area contributed by atoms with Gasteiger partial charge in [-0.05, 0) is 26.0 Å². The number of hydrogen-bond donors (Lipinski definition) is 2. The number of anilines is 1. The molecule has 0 bridgehead atoms. The number of aromatic amines is 1. The van der Waals surface area contributed by atoms with Crippen LogP contribution in [0.1, 0.15) is 18.4 Å². The van der Waals surface area contributed by atoms with Crippen LogP contribution in [0.25, 0.3) is 11.3 Å². The van der Waals surface area contributed by atoms with Crippen molar-refractivity contribution in [3.63, 3.8) is 0 Å². The van der Waals surface area contributed by atoms with Gasteiger partial charge < -0.3 is 10.3 Å². The van der Waals surface area contributed by atoms with Crippen molar-refractivity contribution in [1.82, 2.24) is 9.97 Å². The molecule has 2 aromatic rings. The van der Waals surface area contributed by atoms with Gasteiger partial charge in [-0.15, -0.1) is 0 Å². The molecule has 0 aliphatic carbocycles. The molecule has 0 spiro atoms. The maximum atomic E-state index is 11.0. The molecule has 0 saturated heterocycles. The van der Waals surface area contributed by atoms with Gasteiger partial charge in [0.2, 0.25) is 5.91 Å². The number of H-pyrrole nitrogens is 1. The Balaban J connectivity index is 2.39. The van der Waals surface area contributed by atoms with Crippen LogP contribution in [-0.2, 0) is 4.79 Å². The summed E-state index contributed by atoms with van der Waals surface area (Å²) in [4.78, 5) is 18.6. The Morgan fingerprint density at radius 3 is 2.71 bits per heavy atom. The number of benzene rings is 1. The minimum absolute atomic E-state index is 0.0721. The van der Waals surface area contributed by atoms with Gasteiger partial charge in [-0.25, -0.2) is 4.98 Å². The van der Waals surface area contributed by atoms with Gasteiger partial charge in [0.05, 0.1) is 5.69 Å². The molecule has 0 radical (unpaired) electrons. The molecule has 1 amide bonds. The number of nitrogens with zero attached hydrogens (tertiary/aromatic N) is 1. The topological polar surface area (TPSA) is 57.8 Å². The SMILES string of the molecule is CC(=O)Nc1cccc(-c2nc(C)[nH]c2C)c1. The number of carbonyl (C=O) groups excluding carboxylic acids is 1. The fourth-order valence-electron chi connectivity index (χ4n) is 1.84. The van der Waals surface area contributed by atoms with Crippen LogP contribution >= 0.6 is 0 Å². The molecule has 0 aliphatic rings. The number of hydrogen-bond acceptors (Lipinski definition) is 2. The molecule has 0 unspecified atom stereocenters. The van der Waals surface area contributed by atoms with Crippen LogP contribution in [0.3, 0.4) is 0 Å². The van der Waals surface area contributed by atoms with E-state index in [2.05, 4.69) is 15.3 Å². The van der Waals surface area contributed by atoms with E-state index in [0.29, 0.717) is 0 Å². The lowest BCUT2D eigenvalue weighted by molar-refractivity contribution is -0.114. The Hall–Kier alpha value is -2.10. The fourth-order valence-corrected chi connectivity index (χ4v) is 1.84. The summed E-state index contributed by atoms with van der Waals surface area (Å²) in [6.45, 7) is 5.41. The average molecular weight is 229 g/mol. The van der Waals surface area contributed by atoms with Gasteiger partial charge in [0.15, 0.2) is 0 Å². The number of rotatable bonds is 2. The number of amides is 1. The molecular formula is C13H15N3O. The average Bonchev–Trinajstić information content (AvgIpc) is 2.57. The van der Waals surface area contributed by atoms with E-state index in [1.165, 1.54) is 6.92 Å². The van der Waals surface area contributed by atoms with Gasteiger partial charge in [-0.3, -0.25) is 4.79 Å². The third kappa shape index (κ3) is 2.53. The summed E-state index contributed by atoms with van der Waals surface area (Å²) in [5.41, 5.74) is 3.74. The molecule has 2 N–H and O–H groups in total. The van der Waals surface area contributed by atoms with Crippen LogP contribution in [0.5, 0.6) is 0 Å². The fraction of sp³-hybridized carbons (Fsp3) is 0.231. The summed E-state index contributed by atoms with van der Waals surface area (Å²) in [5, 5.41) is 2.76. The lowest BCUT2D eigenvalue weighted by Crippen LogP contribution is -2.05. The summed E-state index contributed by atoms with van der Waals surface area (Å²) >= 11 is 0. The predicted octanol–water partition coefficient (Wildman–Crippen LogP) is 2.65. The first-order valence-corrected chi connectivity index (χ1v) is 5.47. The molecular weight excluding hydrogens is 214 g/mol. The van der Waals surface area contributed by atoms with E-state index < -0.39 is 0 Å². The first-order chi connectivity index (χ1) is 8.06. The zero-order chi connectivity index (χ0) is 12.4. The lowest BCUT2D eigenvalue weighted by Gasteiger charge is -2.04. The molecule has 0 atom stereocenters. The number of aromatic nitrogens is 2. The molecule has 1 heterocycles. The van der Waals surface area contributed by atoms with Gasteiger partial charge >= 0.3 is 0 Å². The van der Waals surface area contributed by atoms with Crippen LogP contribution in [0.2, 0.25) is 0 Å². The molecule has 0 aliphatic heterocycles. The maximum absolute atomic E-state index is 11.0. The van der Waals surface area contributed by atoms with Gasteiger partial charge in [-0.1, -0.05) is 12.1 Å². The van der Waals surface area contributed by atoms with Crippen LogP contribution in [-0.4, -0.2) is 15.9 Å². The van der Waals surface area contributed by atoms with E-state index in [0.717, 1.165) is 28.5 Å². The predicted molar refractivity (Wildman–Crippen MR) is 67.8 cm³/mol. The van der Waals surface area contributed by atoms with Crippen molar-refractivity contribution >= 4 is 11.6 Å².